The minimum atomic E-state index is -2.36. The lowest BCUT2D eigenvalue weighted by Gasteiger charge is -2.41. The summed E-state index contributed by atoms with van der Waals surface area (Å²) in [5.74, 6) is -8.74. The molecule has 0 aromatic heterocycles. The number of carbonyl (C=O) groups is 1. The number of carbonyl (C=O) groups excluding carboxylic acids is 1. The number of hydrogen-bond acceptors (Lipinski definition) is 15. The van der Waals surface area contributed by atoms with Gasteiger partial charge in [0.15, 0.2) is 6.29 Å². The second-order valence-electron chi connectivity index (χ2n) is 11.1. The fourth-order valence-electron chi connectivity index (χ4n) is 4.58. The number of halogens is 5. The quantitative estimate of drug-likeness (QED) is 0.0136. The van der Waals surface area contributed by atoms with Gasteiger partial charge < -0.3 is 58.7 Å². The number of ether oxygens (including phenoxy) is 9. The van der Waals surface area contributed by atoms with Crippen LogP contribution in [0.25, 0.3) is 0 Å². The Kier molecular flexibility index (Phi) is 22.6. The summed E-state index contributed by atoms with van der Waals surface area (Å²) in [5, 5.41) is 24.2. The average Bonchev–Trinajstić information content (AvgIpc) is 3.14. The molecule has 1 saturated heterocycles. The Balaban J connectivity index is 1.38. The van der Waals surface area contributed by atoms with E-state index in [0.717, 1.165) is 19.3 Å². The highest BCUT2D eigenvalue weighted by atomic mass is 19.2. The van der Waals surface area contributed by atoms with E-state index in [1.807, 2.05) is 0 Å². The number of esters is 1. The minimum absolute atomic E-state index is 0.0634. The molecule has 0 aliphatic carbocycles. The zero-order valence-electron chi connectivity index (χ0n) is 29.1. The van der Waals surface area contributed by atoms with Gasteiger partial charge in [-0.15, -0.1) is 0 Å². The summed E-state index contributed by atoms with van der Waals surface area (Å²) in [6.45, 7) is 2.48. The van der Waals surface area contributed by atoms with Crippen LogP contribution in [0.2, 0.25) is 0 Å². The SMILES string of the molecule is COC1C(O)[C@H](O)C(COCCCCC/C(C=NCCOCCOCCOCCOCCC(=O)Oc2c(F)c(F)c(F)c(F)c2F)=N/N)O[C@@H]1OC. The number of hydrogen-bond donors (Lipinski definition) is 3. The minimum Gasteiger partial charge on any atom is -0.420 e. The highest BCUT2D eigenvalue weighted by Crippen LogP contribution is 2.29. The zero-order valence-corrected chi connectivity index (χ0v) is 29.1. The van der Waals surface area contributed by atoms with Gasteiger partial charge in [0.25, 0.3) is 0 Å². The maximum absolute atomic E-state index is 13.6. The average molecular weight is 762 g/mol. The lowest BCUT2D eigenvalue weighted by atomic mass is 9.99. The van der Waals surface area contributed by atoms with E-state index in [2.05, 4.69) is 14.8 Å². The number of nitrogens with two attached hydrogens (primary N) is 1. The summed E-state index contributed by atoms with van der Waals surface area (Å²) in [5.41, 5.74) is 0.647. The number of hydrazone groups is 1. The van der Waals surface area contributed by atoms with Crippen LogP contribution in [0.1, 0.15) is 32.1 Å². The largest absolute Gasteiger partial charge is 0.420 e. The number of aliphatic hydroxyl groups is 2. The van der Waals surface area contributed by atoms with Crippen LogP contribution in [0.15, 0.2) is 10.1 Å². The standard InChI is InChI=1S/C32H48F5N3O12/c1-44-31-29(43)28(42)21(51-32(31)45-2)19-50-9-5-3-4-6-20(40-38)18-39-8-11-47-13-15-49-17-16-48-14-12-46-10-7-22(41)52-30-26(36)24(34)23(33)25(35)27(30)37/h18,21,28-29,31-32,42-43H,3-17,19,38H2,1-2H3/b39-18?,40-20-/t21?,28-,29?,31?,32+/m1/s1. The van der Waals surface area contributed by atoms with Crippen LogP contribution in [0.5, 0.6) is 5.75 Å². The molecule has 0 spiro atoms. The number of unbranched alkanes of at least 4 members (excludes halogenated alkanes) is 2. The molecule has 52 heavy (non-hydrogen) atoms. The highest BCUT2D eigenvalue weighted by molar-refractivity contribution is 6.30. The van der Waals surface area contributed by atoms with Gasteiger partial charge in [0.05, 0.1) is 78.1 Å². The molecule has 1 aromatic carbocycles. The molecule has 0 saturated carbocycles. The molecule has 1 heterocycles. The molecule has 15 nitrogen and oxygen atoms in total. The smallest absolute Gasteiger partial charge is 0.313 e. The van der Waals surface area contributed by atoms with Crippen LogP contribution in [0, 0.1) is 29.1 Å². The lowest BCUT2D eigenvalue weighted by molar-refractivity contribution is -0.301. The van der Waals surface area contributed by atoms with Crippen molar-refractivity contribution in [2.24, 2.45) is 15.9 Å². The molecule has 0 radical (unpaired) electrons. The maximum Gasteiger partial charge on any atom is 0.313 e. The molecule has 298 valence electrons. The van der Waals surface area contributed by atoms with E-state index in [1.54, 1.807) is 6.21 Å². The van der Waals surface area contributed by atoms with E-state index in [4.69, 9.17) is 43.7 Å². The molecular formula is C32H48F5N3O12. The van der Waals surface area contributed by atoms with Crippen LogP contribution in [-0.4, -0.2) is 146 Å². The van der Waals surface area contributed by atoms with Crippen molar-refractivity contribution in [1.29, 1.82) is 0 Å². The third-order valence-corrected chi connectivity index (χ3v) is 7.38. The molecule has 2 rings (SSSR count). The first-order valence-corrected chi connectivity index (χ1v) is 16.5. The predicted molar refractivity (Wildman–Crippen MR) is 173 cm³/mol. The van der Waals surface area contributed by atoms with Gasteiger partial charge in [-0.05, 0) is 19.3 Å². The first-order valence-electron chi connectivity index (χ1n) is 16.5. The van der Waals surface area contributed by atoms with Crippen molar-refractivity contribution in [1.82, 2.24) is 0 Å². The molecule has 3 unspecified atom stereocenters. The molecular weight excluding hydrogens is 713 g/mol. The first kappa shape index (κ1) is 45.2. The van der Waals surface area contributed by atoms with Gasteiger partial charge >= 0.3 is 5.97 Å². The fourth-order valence-corrected chi connectivity index (χ4v) is 4.58. The van der Waals surface area contributed by atoms with Crippen LogP contribution < -0.4 is 10.6 Å². The summed E-state index contributed by atoms with van der Waals surface area (Å²) < 4.78 is 114. The van der Waals surface area contributed by atoms with E-state index in [9.17, 15) is 37.0 Å². The van der Waals surface area contributed by atoms with Gasteiger partial charge in [0, 0.05) is 27.0 Å². The van der Waals surface area contributed by atoms with Crippen molar-refractivity contribution in [3.8, 4) is 5.75 Å². The van der Waals surface area contributed by atoms with Crippen molar-refractivity contribution in [2.75, 3.05) is 86.8 Å². The van der Waals surface area contributed by atoms with Gasteiger partial charge in [-0.3, -0.25) is 9.79 Å². The number of benzene rings is 1. The third kappa shape index (κ3) is 15.6. The van der Waals surface area contributed by atoms with E-state index in [1.165, 1.54) is 14.2 Å². The van der Waals surface area contributed by atoms with Gasteiger partial charge in [0.1, 0.15) is 24.4 Å². The molecule has 20 heteroatoms. The predicted octanol–water partition coefficient (Wildman–Crippen LogP) is 1.81. The summed E-state index contributed by atoms with van der Waals surface area (Å²) in [7, 11) is 2.83. The van der Waals surface area contributed by atoms with Crippen molar-refractivity contribution in [3.05, 3.63) is 29.1 Å². The summed E-state index contributed by atoms with van der Waals surface area (Å²) in [6.07, 6.45) is -0.497. The zero-order chi connectivity index (χ0) is 38.3. The Morgan fingerprint density at radius 3 is 1.88 bits per heavy atom. The summed E-state index contributed by atoms with van der Waals surface area (Å²) in [6, 6.07) is 0. The van der Waals surface area contributed by atoms with E-state index >= 15 is 0 Å². The Labute approximate surface area is 298 Å². The summed E-state index contributed by atoms with van der Waals surface area (Å²) >= 11 is 0. The second kappa shape index (κ2) is 26.0. The number of aliphatic hydroxyl groups excluding tert-OH is 2. The van der Waals surface area contributed by atoms with Gasteiger partial charge in [0.2, 0.25) is 34.8 Å². The molecule has 1 fully saturated rings. The molecule has 1 aliphatic rings. The Morgan fingerprint density at radius 1 is 0.731 bits per heavy atom. The topological polar surface area (TPSA) is 191 Å². The molecule has 4 N–H and O–H groups in total. The van der Waals surface area contributed by atoms with Crippen molar-refractivity contribution in [2.45, 2.75) is 62.8 Å². The van der Waals surface area contributed by atoms with Crippen LogP contribution in [0.4, 0.5) is 22.0 Å². The fraction of sp³-hybridized carbons (Fsp3) is 0.719. The number of methoxy groups -OCH3 is 2. The van der Waals surface area contributed by atoms with Crippen molar-refractivity contribution < 1.29 is 79.6 Å². The molecule has 0 bridgehead atoms. The molecule has 5 atom stereocenters. The Bertz CT molecular complexity index is 1220. The first-order chi connectivity index (χ1) is 25.1. The van der Waals surface area contributed by atoms with E-state index in [0.29, 0.717) is 45.1 Å². The van der Waals surface area contributed by atoms with Gasteiger partial charge in [-0.25, -0.2) is 13.2 Å². The van der Waals surface area contributed by atoms with Gasteiger partial charge in [-0.1, -0.05) is 6.42 Å². The number of aliphatic imine (C=N–C) groups is 1. The van der Waals surface area contributed by atoms with Crippen LogP contribution in [-0.2, 0) is 42.7 Å². The monoisotopic (exact) mass is 761 g/mol. The van der Waals surface area contributed by atoms with Crippen molar-refractivity contribution in [3.63, 3.8) is 0 Å². The molecule has 0 amide bonds. The number of rotatable bonds is 27. The highest BCUT2D eigenvalue weighted by Gasteiger charge is 2.45. The number of nitrogens with zero attached hydrogens (tertiary/aromatic N) is 2. The summed E-state index contributed by atoms with van der Waals surface area (Å²) in [4.78, 5) is 15.9. The van der Waals surface area contributed by atoms with Crippen LogP contribution in [0.3, 0.4) is 0 Å². The third-order valence-electron chi connectivity index (χ3n) is 7.38. The molecule has 1 aliphatic heterocycles. The second-order valence-corrected chi connectivity index (χ2v) is 11.1. The lowest BCUT2D eigenvalue weighted by Crippen LogP contribution is -2.59. The Hall–Kier alpha value is -2.92. The van der Waals surface area contributed by atoms with Crippen LogP contribution >= 0.6 is 0 Å². The molecule has 1 aromatic rings. The normalized spacial score (nSPS) is 20.9. The van der Waals surface area contributed by atoms with E-state index < -0.39 is 77.9 Å². The van der Waals surface area contributed by atoms with E-state index in [-0.39, 0.29) is 39.6 Å². The van der Waals surface area contributed by atoms with Crippen molar-refractivity contribution >= 4 is 17.9 Å². The Morgan fingerprint density at radius 2 is 1.31 bits per heavy atom. The maximum atomic E-state index is 13.6. The van der Waals surface area contributed by atoms with Gasteiger partial charge in [-0.2, -0.15) is 13.9 Å².